The van der Waals surface area contributed by atoms with Crippen molar-refractivity contribution in [1.29, 1.82) is 0 Å². The van der Waals surface area contributed by atoms with Crippen molar-refractivity contribution in [3.63, 3.8) is 0 Å². The summed E-state index contributed by atoms with van der Waals surface area (Å²) in [6, 6.07) is 1.87. The van der Waals surface area contributed by atoms with Crippen molar-refractivity contribution in [2.75, 3.05) is 0 Å². The highest BCUT2D eigenvalue weighted by Gasteiger charge is 2.35. The van der Waals surface area contributed by atoms with Gasteiger partial charge in [0, 0.05) is 12.1 Å². The van der Waals surface area contributed by atoms with Gasteiger partial charge >= 0.3 is 0 Å². The van der Waals surface area contributed by atoms with Crippen LogP contribution in [0.4, 0.5) is 8.78 Å². The van der Waals surface area contributed by atoms with Crippen LogP contribution in [-0.4, -0.2) is 11.2 Å². The number of hydrogen-bond acceptors (Lipinski definition) is 2. The lowest BCUT2D eigenvalue weighted by Crippen LogP contribution is -2.18. The minimum atomic E-state index is -0.986. The third-order valence-electron chi connectivity index (χ3n) is 2.56. The van der Waals surface area contributed by atoms with Crippen LogP contribution >= 0.6 is 0 Å². The highest BCUT2D eigenvalue weighted by Crippen LogP contribution is 2.40. The lowest BCUT2D eigenvalue weighted by Gasteiger charge is -2.12. The molecule has 0 saturated carbocycles. The molecule has 1 aliphatic rings. The smallest absolute Gasteiger partial charge is 0.135 e. The molecule has 15 heavy (non-hydrogen) atoms. The molecular weight excluding hydrogens is 202 g/mol. The molecule has 0 amide bonds. The van der Waals surface area contributed by atoms with E-state index in [1.165, 1.54) is 0 Å². The molecule has 82 valence electrons. The van der Waals surface area contributed by atoms with Gasteiger partial charge in [-0.25, -0.2) is 8.78 Å². The Morgan fingerprint density at radius 1 is 1.40 bits per heavy atom. The molecule has 0 aromatic heterocycles. The van der Waals surface area contributed by atoms with E-state index >= 15 is 0 Å². The molecule has 2 rings (SSSR count). The van der Waals surface area contributed by atoms with Gasteiger partial charge in [-0.3, -0.25) is 0 Å². The van der Waals surface area contributed by atoms with Crippen molar-refractivity contribution in [3.8, 4) is 5.75 Å². The molecule has 0 fully saturated rings. The summed E-state index contributed by atoms with van der Waals surface area (Å²) in [5, 5.41) is 9.76. The van der Waals surface area contributed by atoms with Crippen molar-refractivity contribution < 1.29 is 18.6 Å². The molecule has 2 atom stereocenters. The van der Waals surface area contributed by atoms with Gasteiger partial charge in [0.25, 0.3) is 0 Å². The zero-order valence-electron chi connectivity index (χ0n) is 8.34. The number of ether oxygens (including phenoxy) is 1. The summed E-state index contributed by atoms with van der Waals surface area (Å²) in [4.78, 5) is 0. The van der Waals surface area contributed by atoms with E-state index in [0.29, 0.717) is 6.42 Å². The zero-order valence-corrected chi connectivity index (χ0v) is 8.34. The maximum atomic E-state index is 13.3. The molecule has 1 aromatic rings. The molecule has 0 aliphatic carbocycles. The van der Waals surface area contributed by atoms with Gasteiger partial charge < -0.3 is 9.84 Å². The van der Waals surface area contributed by atoms with Crippen LogP contribution in [0.15, 0.2) is 12.1 Å². The molecule has 1 aliphatic heterocycles. The Balaban J connectivity index is 2.36. The van der Waals surface area contributed by atoms with Crippen molar-refractivity contribution in [3.05, 3.63) is 29.3 Å². The van der Waals surface area contributed by atoms with Crippen LogP contribution in [0.3, 0.4) is 0 Å². The molecule has 4 heteroatoms. The van der Waals surface area contributed by atoms with Crippen LogP contribution in [0, 0.1) is 11.6 Å². The normalized spacial score (nSPS) is 23.7. The molecule has 0 bridgehead atoms. The topological polar surface area (TPSA) is 29.5 Å². The highest BCUT2D eigenvalue weighted by atomic mass is 19.1. The van der Waals surface area contributed by atoms with E-state index in [1.807, 2.05) is 6.92 Å². The first-order chi connectivity index (χ1) is 7.13. The van der Waals surface area contributed by atoms with E-state index in [9.17, 15) is 13.9 Å². The van der Waals surface area contributed by atoms with Gasteiger partial charge in [-0.15, -0.1) is 0 Å². The fourth-order valence-electron chi connectivity index (χ4n) is 1.86. The summed E-state index contributed by atoms with van der Waals surface area (Å²) in [6.07, 6.45) is -0.00154. The second-order valence-electron chi connectivity index (χ2n) is 3.69. The maximum absolute atomic E-state index is 13.3. The van der Waals surface area contributed by atoms with Crippen molar-refractivity contribution in [2.45, 2.75) is 32.0 Å². The van der Waals surface area contributed by atoms with E-state index in [0.717, 1.165) is 18.6 Å². The van der Waals surface area contributed by atoms with Gasteiger partial charge in [0.2, 0.25) is 0 Å². The number of aliphatic hydroxyl groups is 1. The standard InChI is InChI=1S/C11H12F2O2/c1-2-3-8-11(14)10-7(13)4-6(12)5-9(10)15-8/h4-5,8,11,14H,2-3H2,1H3. The third kappa shape index (κ3) is 1.69. The summed E-state index contributed by atoms with van der Waals surface area (Å²) < 4.78 is 31.5. The number of halogens is 2. The monoisotopic (exact) mass is 214 g/mol. The first-order valence-electron chi connectivity index (χ1n) is 4.97. The molecule has 1 heterocycles. The van der Waals surface area contributed by atoms with Crippen LogP contribution < -0.4 is 4.74 Å². The average Bonchev–Trinajstić information content (AvgIpc) is 2.43. The summed E-state index contributed by atoms with van der Waals surface area (Å²) >= 11 is 0. The predicted octanol–water partition coefficient (Wildman–Crippen LogP) is 2.56. The Hall–Kier alpha value is -1.16. The van der Waals surface area contributed by atoms with Gasteiger partial charge in [-0.05, 0) is 6.42 Å². The average molecular weight is 214 g/mol. The van der Waals surface area contributed by atoms with E-state index in [2.05, 4.69) is 0 Å². The molecule has 0 radical (unpaired) electrons. The second kappa shape index (κ2) is 3.77. The van der Waals surface area contributed by atoms with Gasteiger partial charge in [-0.2, -0.15) is 0 Å². The predicted molar refractivity (Wildman–Crippen MR) is 50.6 cm³/mol. The maximum Gasteiger partial charge on any atom is 0.135 e. The van der Waals surface area contributed by atoms with Crippen molar-refractivity contribution in [1.82, 2.24) is 0 Å². The Bertz CT molecular complexity index is 379. The van der Waals surface area contributed by atoms with E-state index in [-0.39, 0.29) is 11.3 Å². The zero-order chi connectivity index (χ0) is 11.0. The number of fused-ring (bicyclic) bond motifs is 1. The third-order valence-corrected chi connectivity index (χ3v) is 2.56. The van der Waals surface area contributed by atoms with E-state index in [4.69, 9.17) is 4.74 Å². The van der Waals surface area contributed by atoms with E-state index in [1.54, 1.807) is 0 Å². The SMILES string of the molecule is CCCC1Oc2cc(F)cc(F)c2C1O. The Kier molecular flexibility index (Phi) is 2.61. The Labute approximate surface area is 86.5 Å². The molecular formula is C11H12F2O2. The lowest BCUT2D eigenvalue weighted by atomic mass is 10.0. The number of benzene rings is 1. The molecule has 1 aromatic carbocycles. The fraction of sp³-hybridized carbons (Fsp3) is 0.455. The summed E-state index contributed by atoms with van der Waals surface area (Å²) in [7, 11) is 0. The van der Waals surface area contributed by atoms with Crippen LogP contribution in [0.2, 0.25) is 0 Å². The van der Waals surface area contributed by atoms with Crippen LogP contribution in [0.1, 0.15) is 31.4 Å². The minimum Gasteiger partial charge on any atom is -0.487 e. The van der Waals surface area contributed by atoms with Crippen molar-refractivity contribution in [2.24, 2.45) is 0 Å². The lowest BCUT2D eigenvalue weighted by molar-refractivity contribution is 0.0603. The fourth-order valence-corrected chi connectivity index (χ4v) is 1.86. The summed E-state index contributed by atoms with van der Waals surface area (Å²) in [5.41, 5.74) is 0.0786. The van der Waals surface area contributed by atoms with Crippen LogP contribution in [0.5, 0.6) is 5.75 Å². The minimum absolute atomic E-state index is 0.0786. The second-order valence-corrected chi connectivity index (χ2v) is 3.69. The van der Waals surface area contributed by atoms with Gasteiger partial charge in [0.1, 0.15) is 29.6 Å². The van der Waals surface area contributed by atoms with Crippen molar-refractivity contribution >= 4 is 0 Å². The summed E-state index contributed by atoms with van der Waals surface area (Å²) in [5.74, 6) is -1.30. The molecule has 2 unspecified atom stereocenters. The van der Waals surface area contributed by atoms with Gasteiger partial charge in [0.15, 0.2) is 0 Å². The molecule has 2 nitrogen and oxygen atoms in total. The quantitative estimate of drug-likeness (QED) is 0.819. The number of hydrogen-bond donors (Lipinski definition) is 1. The first kappa shape index (κ1) is 10.4. The summed E-state index contributed by atoms with van der Waals surface area (Å²) in [6.45, 7) is 1.94. The van der Waals surface area contributed by atoms with Gasteiger partial charge in [-0.1, -0.05) is 13.3 Å². The highest BCUT2D eigenvalue weighted by molar-refractivity contribution is 5.41. The molecule has 0 spiro atoms. The molecule has 0 saturated heterocycles. The van der Waals surface area contributed by atoms with Crippen LogP contribution in [-0.2, 0) is 0 Å². The Morgan fingerprint density at radius 2 is 2.13 bits per heavy atom. The Morgan fingerprint density at radius 3 is 2.80 bits per heavy atom. The van der Waals surface area contributed by atoms with Gasteiger partial charge in [0.05, 0.1) is 5.56 Å². The number of aliphatic hydroxyl groups excluding tert-OH is 1. The number of rotatable bonds is 2. The first-order valence-corrected chi connectivity index (χ1v) is 4.97. The molecule has 1 N–H and O–H groups in total. The largest absolute Gasteiger partial charge is 0.487 e. The van der Waals surface area contributed by atoms with Crippen LogP contribution in [0.25, 0.3) is 0 Å². The van der Waals surface area contributed by atoms with E-state index < -0.39 is 23.8 Å².